The lowest BCUT2D eigenvalue weighted by molar-refractivity contribution is -0.385. The van der Waals surface area contributed by atoms with Gasteiger partial charge in [-0.05, 0) is 32.6 Å². The zero-order valence-electron chi connectivity index (χ0n) is 17.1. The number of rotatable bonds is 3. The van der Waals surface area contributed by atoms with E-state index in [9.17, 15) is 19.7 Å². The van der Waals surface area contributed by atoms with Crippen LogP contribution in [-0.2, 0) is 19.1 Å². The van der Waals surface area contributed by atoms with Gasteiger partial charge in [0.05, 0.1) is 23.3 Å². The van der Waals surface area contributed by atoms with Crippen molar-refractivity contribution in [3.05, 3.63) is 51.2 Å². The van der Waals surface area contributed by atoms with Gasteiger partial charge in [0.25, 0.3) is 5.69 Å². The van der Waals surface area contributed by atoms with Crippen LogP contribution in [0.3, 0.4) is 0 Å². The average Bonchev–Trinajstić information content (AvgIpc) is 2.72. The smallest absolute Gasteiger partial charge is 0.337 e. The number of hydrogen-bond donors (Lipinski definition) is 0. The van der Waals surface area contributed by atoms with Gasteiger partial charge in [0.2, 0.25) is 0 Å². The molecule has 4 rings (SSSR count). The van der Waals surface area contributed by atoms with Crippen molar-refractivity contribution in [2.24, 2.45) is 10.9 Å². The van der Waals surface area contributed by atoms with E-state index in [1.54, 1.807) is 25.1 Å². The second-order valence-corrected chi connectivity index (χ2v) is 8.22. The minimum absolute atomic E-state index is 0.149. The van der Waals surface area contributed by atoms with E-state index in [2.05, 4.69) is 4.99 Å². The van der Waals surface area contributed by atoms with E-state index in [1.165, 1.54) is 13.2 Å². The Labute approximate surface area is 174 Å². The van der Waals surface area contributed by atoms with E-state index in [-0.39, 0.29) is 16.8 Å². The molecule has 0 bridgehead atoms. The van der Waals surface area contributed by atoms with Gasteiger partial charge in [-0.3, -0.25) is 19.9 Å². The van der Waals surface area contributed by atoms with Crippen molar-refractivity contribution in [2.75, 3.05) is 7.11 Å². The summed E-state index contributed by atoms with van der Waals surface area (Å²) in [7, 11) is 1.26. The summed E-state index contributed by atoms with van der Waals surface area (Å²) < 4.78 is 10.9. The molecule has 2 heterocycles. The Morgan fingerprint density at radius 2 is 1.97 bits per heavy atom. The first-order valence-electron chi connectivity index (χ1n) is 10.2. The summed E-state index contributed by atoms with van der Waals surface area (Å²) in [5, 5.41) is 11.7. The van der Waals surface area contributed by atoms with Crippen LogP contribution in [-0.4, -0.2) is 35.3 Å². The van der Waals surface area contributed by atoms with E-state index >= 15 is 0 Å². The van der Waals surface area contributed by atoms with Gasteiger partial charge in [0.15, 0.2) is 0 Å². The van der Waals surface area contributed by atoms with Gasteiger partial charge in [-0.25, -0.2) is 4.79 Å². The Balaban J connectivity index is 1.89. The van der Waals surface area contributed by atoms with Crippen LogP contribution in [0.1, 0.15) is 56.9 Å². The van der Waals surface area contributed by atoms with Crippen molar-refractivity contribution in [1.29, 1.82) is 0 Å². The van der Waals surface area contributed by atoms with Crippen LogP contribution in [0.2, 0.25) is 0 Å². The maximum absolute atomic E-state index is 13.3. The molecule has 1 saturated carbocycles. The molecular formula is C22H24N2O6. The van der Waals surface area contributed by atoms with Crippen LogP contribution in [0.4, 0.5) is 5.69 Å². The van der Waals surface area contributed by atoms with Gasteiger partial charge in [0.1, 0.15) is 11.5 Å². The summed E-state index contributed by atoms with van der Waals surface area (Å²) in [5.74, 6) is -2.93. The first-order valence-corrected chi connectivity index (χ1v) is 10.2. The Morgan fingerprint density at radius 1 is 1.27 bits per heavy atom. The van der Waals surface area contributed by atoms with Gasteiger partial charge in [-0.1, -0.05) is 24.6 Å². The van der Waals surface area contributed by atoms with Crippen LogP contribution in [0, 0.1) is 16.0 Å². The van der Waals surface area contributed by atoms with E-state index in [0.717, 1.165) is 32.1 Å². The molecular weight excluding hydrogens is 388 g/mol. The van der Waals surface area contributed by atoms with Crippen LogP contribution >= 0.6 is 0 Å². The highest BCUT2D eigenvalue weighted by Crippen LogP contribution is 2.50. The van der Waals surface area contributed by atoms with E-state index in [0.29, 0.717) is 17.8 Å². The molecule has 1 aromatic carbocycles. The molecule has 2 aliphatic heterocycles. The lowest BCUT2D eigenvalue weighted by Gasteiger charge is -2.43. The number of esters is 2. The molecule has 1 spiro atoms. The van der Waals surface area contributed by atoms with E-state index in [4.69, 9.17) is 9.47 Å². The number of benzene rings is 1. The number of nitro groups is 1. The number of aliphatic imine (C=N–C) groups is 1. The highest BCUT2D eigenvalue weighted by Gasteiger charge is 2.51. The zero-order chi connectivity index (χ0) is 21.5. The topological polar surface area (TPSA) is 108 Å². The zero-order valence-corrected chi connectivity index (χ0v) is 17.1. The predicted molar refractivity (Wildman–Crippen MR) is 108 cm³/mol. The van der Waals surface area contributed by atoms with Crippen LogP contribution in [0.15, 0.2) is 40.5 Å². The number of methoxy groups -OCH3 is 1. The first-order chi connectivity index (χ1) is 14.4. The maximum Gasteiger partial charge on any atom is 0.337 e. The van der Waals surface area contributed by atoms with Gasteiger partial charge >= 0.3 is 11.9 Å². The predicted octanol–water partition coefficient (Wildman–Crippen LogP) is 3.85. The van der Waals surface area contributed by atoms with Crippen LogP contribution in [0.5, 0.6) is 0 Å². The number of nitro benzene ring substituents is 1. The molecule has 3 aliphatic rings. The molecule has 1 aromatic rings. The molecule has 1 fully saturated rings. The molecule has 0 N–H and O–H groups in total. The van der Waals surface area contributed by atoms with Gasteiger partial charge in [0, 0.05) is 29.7 Å². The van der Waals surface area contributed by atoms with Crippen molar-refractivity contribution < 1.29 is 24.0 Å². The molecule has 1 aliphatic carbocycles. The van der Waals surface area contributed by atoms with Gasteiger partial charge in [-0.2, -0.15) is 0 Å². The molecule has 30 heavy (non-hydrogen) atoms. The largest absolute Gasteiger partial charge is 0.468 e. The third kappa shape index (κ3) is 3.30. The number of ether oxygens (including phenoxy) is 2. The van der Waals surface area contributed by atoms with Crippen molar-refractivity contribution >= 4 is 23.3 Å². The third-order valence-electron chi connectivity index (χ3n) is 6.42. The summed E-state index contributed by atoms with van der Waals surface area (Å²) in [6.07, 6.45) is 5.10. The number of nitrogens with zero attached hydrogens (tertiary/aromatic N) is 2. The van der Waals surface area contributed by atoms with Gasteiger partial charge < -0.3 is 9.47 Å². The van der Waals surface area contributed by atoms with E-state index in [1.807, 2.05) is 0 Å². The third-order valence-corrected chi connectivity index (χ3v) is 6.42. The molecule has 0 aromatic heterocycles. The first kappa shape index (κ1) is 20.3. The van der Waals surface area contributed by atoms with Crippen molar-refractivity contribution in [3.63, 3.8) is 0 Å². The Hall–Kier alpha value is -3.03. The Bertz CT molecular complexity index is 974. The fraction of sp³-hybridized carbons (Fsp3) is 0.500. The molecule has 8 heteroatoms. The number of carbonyl (C=O) groups excluding carboxylic acids is 2. The summed E-state index contributed by atoms with van der Waals surface area (Å²) in [6.45, 7) is 1.71. The second kappa shape index (κ2) is 7.66. The fourth-order valence-corrected chi connectivity index (χ4v) is 5.06. The normalized spacial score (nSPS) is 25.3. The quantitative estimate of drug-likeness (QED) is 0.424. The Morgan fingerprint density at radius 3 is 2.63 bits per heavy atom. The SMILES string of the molecule is COC(=O)C1C(C)=NC2=C(C(=O)OC3(CCCCC3)C2)C1c1ccccc1[N+](=O)[O-]. The van der Waals surface area contributed by atoms with Crippen LogP contribution < -0.4 is 0 Å². The monoisotopic (exact) mass is 412 g/mol. The molecule has 8 nitrogen and oxygen atoms in total. The molecule has 0 radical (unpaired) electrons. The lowest BCUT2D eigenvalue weighted by atomic mass is 9.71. The van der Waals surface area contributed by atoms with Crippen LogP contribution in [0.25, 0.3) is 0 Å². The molecule has 158 valence electrons. The molecule has 0 amide bonds. The fourth-order valence-electron chi connectivity index (χ4n) is 5.06. The summed E-state index contributed by atoms with van der Waals surface area (Å²) in [6, 6.07) is 6.18. The van der Waals surface area contributed by atoms with Crippen molar-refractivity contribution in [3.8, 4) is 0 Å². The number of hydrogen-bond acceptors (Lipinski definition) is 7. The maximum atomic E-state index is 13.3. The Kier molecular flexibility index (Phi) is 5.17. The highest BCUT2D eigenvalue weighted by molar-refractivity contribution is 6.07. The van der Waals surface area contributed by atoms with Gasteiger partial charge in [-0.15, -0.1) is 0 Å². The lowest BCUT2D eigenvalue weighted by Crippen LogP contribution is -2.46. The molecule has 2 atom stereocenters. The summed E-state index contributed by atoms with van der Waals surface area (Å²) in [5.41, 5.74) is 0.878. The summed E-state index contributed by atoms with van der Waals surface area (Å²) >= 11 is 0. The van der Waals surface area contributed by atoms with Crippen molar-refractivity contribution in [1.82, 2.24) is 0 Å². The second-order valence-electron chi connectivity index (χ2n) is 8.22. The molecule has 2 unspecified atom stereocenters. The average molecular weight is 412 g/mol. The number of para-hydroxylation sites is 1. The molecule has 0 saturated heterocycles. The number of carbonyl (C=O) groups is 2. The standard InChI is InChI=1S/C22H24N2O6/c1-13-17(20(25)29-2)18(14-8-4-5-9-16(14)24(27)28)19-15(23-13)12-22(30-21(19)26)10-6-3-7-11-22/h4-5,8-9,17-18H,3,6-7,10-12H2,1-2H3. The highest BCUT2D eigenvalue weighted by atomic mass is 16.6. The summed E-state index contributed by atoms with van der Waals surface area (Å²) in [4.78, 5) is 41.8. The minimum Gasteiger partial charge on any atom is -0.468 e. The minimum atomic E-state index is -0.928. The van der Waals surface area contributed by atoms with Crippen molar-refractivity contribution in [2.45, 2.75) is 57.0 Å². The van der Waals surface area contributed by atoms with E-state index < -0.39 is 34.3 Å².